The summed E-state index contributed by atoms with van der Waals surface area (Å²) < 4.78 is 28.6. The van der Waals surface area contributed by atoms with Crippen molar-refractivity contribution in [2.75, 3.05) is 25.3 Å². The van der Waals surface area contributed by atoms with Crippen LogP contribution < -0.4 is 14.8 Å². The molecule has 1 amide bonds. The summed E-state index contributed by atoms with van der Waals surface area (Å²) >= 11 is 1.25. The average Bonchev–Trinajstić information content (AvgIpc) is 3.63. The zero-order valence-corrected chi connectivity index (χ0v) is 24.8. The summed E-state index contributed by atoms with van der Waals surface area (Å²) in [6.45, 7) is 5.97. The Morgan fingerprint density at radius 1 is 0.952 bits per heavy atom. The van der Waals surface area contributed by atoms with Crippen LogP contribution in [-0.4, -0.2) is 50.2 Å². The van der Waals surface area contributed by atoms with E-state index in [2.05, 4.69) is 20.5 Å². The molecule has 0 saturated heterocycles. The number of ether oxygens (including phenoxy) is 2. The summed E-state index contributed by atoms with van der Waals surface area (Å²) in [6, 6.07) is 19.4. The van der Waals surface area contributed by atoms with Crippen molar-refractivity contribution in [2.45, 2.75) is 31.3 Å². The van der Waals surface area contributed by atoms with E-state index in [1.807, 2.05) is 78.6 Å². The number of carbonyl (C=O) groups excluding carboxylic acids is 1. The molecule has 5 rings (SSSR count). The first-order valence-electron chi connectivity index (χ1n) is 13.2. The van der Waals surface area contributed by atoms with E-state index in [1.165, 1.54) is 23.9 Å². The van der Waals surface area contributed by atoms with Crippen LogP contribution in [0.1, 0.15) is 31.1 Å². The summed E-state index contributed by atoms with van der Waals surface area (Å²) in [7, 11) is 3.18. The first-order valence-corrected chi connectivity index (χ1v) is 14.2. The maximum absolute atomic E-state index is 13.8. The number of thioether (sulfide) groups is 1. The van der Waals surface area contributed by atoms with Crippen molar-refractivity contribution in [2.24, 2.45) is 0 Å². The van der Waals surface area contributed by atoms with Crippen LogP contribution in [0.3, 0.4) is 0 Å². The molecule has 0 fully saturated rings. The molecule has 0 aliphatic carbocycles. The van der Waals surface area contributed by atoms with Gasteiger partial charge in [0.1, 0.15) is 17.5 Å². The Bertz CT molecular complexity index is 1700. The molecule has 9 nitrogen and oxygen atoms in total. The number of hydrogen-bond donors (Lipinski definition) is 1. The number of nitrogens with zero attached hydrogens (tertiary/aromatic N) is 5. The predicted octanol–water partition coefficient (Wildman–Crippen LogP) is 5.97. The van der Waals surface area contributed by atoms with Crippen LogP contribution >= 0.6 is 11.8 Å². The quantitative estimate of drug-likeness (QED) is 0.201. The van der Waals surface area contributed by atoms with E-state index in [0.717, 1.165) is 17.1 Å². The number of rotatable bonds is 10. The van der Waals surface area contributed by atoms with Crippen molar-refractivity contribution in [3.8, 4) is 22.9 Å². The molecular weight excluding hydrogens is 555 g/mol. The van der Waals surface area contributed by atoms with Crippen LogP contribution in [0.4, 0.5) is 10.1 Å². The van der Waals surface area contributed by atoms with Crippen molar-refractivity contribution >= 4 is 23.4 Å². The standard InChI is InChI=1S/C31H31FN6O3S/c1-20-33-16-17-37(20)24-13-9-23(10-14-24)34-28(39)19-42-30-36-35-29(38(30)25-11-7-22(32)8-12-25)31(2,3)21-6-15-26(40-4)27(18-21)41-5/h6-18H,19H2,1-5H3,(H,34,39). The van der Waals surface area contributed by atoms with E-state index in [9.17, 15) is 9.18 Å². The lowest BCUT2D eigenvalue weighted by molar-refractivity contribution is -0.113. The van der Waals surface area contributed by atoms with Gasteiger partial charge in [-0.1, -0.05) is 17.8 Å². The molecule has 216 valence electrons. The van der Waals surface area contributed by atoms with Gasteiger partial charge in [-0.3, -0.25) is 9.36 Å². The highest BCUT2D eigenvalue weighted by Gasteiger charge is 2.32. The number of nitrogens with one attached hydrogen (secondary N) is 1. The Morgan fingerprint density at radius 3 is 2.29 bits per heavy atom. The molecule has 0 spiro atoms. The van der Waals surface area contributed by atoms with Crippen molar-refractivity contribution in [1.82, 2.24) is 24.3 Å². The fourth-order valence-electron chi connectivity index (χ4n) is 4.63. The molecule has 3 aromatic carbocycles. The van der Waals surface area contributed by atoms with Crippen molar-refractivity contribution in [3.05, 3.63) is 102 Å². The van der Waals surface area contributed by atoms with Gasteiger partial charge in [-0.05, 0) is 87.0 Å². The van der Waals surface area contributed by atoms with E-state index in [-0.39, 0.29) is 17.5 Å². The van der Waals surface area contributed by atoms with E-state index in [0.29, 0.717) is 33.9 Å². The van der Waals surface area contributed by atoms with E-state index in [1.54, 1.807) is 32.5 Å². The molecule has 0 aliphatic heterocycles. The number of carbonyl (C=O) groups is 1. The highest BCUT2D eigenvalue weighted by molar-refractivity contribution is 7.99. The lowest BCUT2D eigenvalue weighted by Gasteiger charge is -2.26. The molecular formula is C31H31FN6O3S. The molecule has 42 heavy (non-hydrogen) atoms. The van der Waals surface area contributed by atoms with Gasteiger partial charge in [0.2, 0.25) is 5.91 Å². The maximum Gasteiger partial charge on any atom is 0.234 e. The van der Waals surface area contributed by atoms with Gasteiger partial charge in [0, 0.05) is 29.5 Å². The van der Waals surface area contributed by atoms with Gasteiger partial charge in [-0.15, -0.1) is 10.2 Å². The topological polar surface area (TPSA) is 96.1 Å². The number of aromatic nitrogens is 5. The maximum atomic E-state index is 13.8. The number of halogens is 1. The second-order valence-electron chi connectivity index (χ2n) is 10.0. The van der Waals surface area contributed by atoms with Crippen LogP contribution in [0.15, 0.2) is 84.3 Å². The number of anilines is 1. The Labute approximate surface area is 247 Å². The molecule has 0 aliphatic rings. The Hall–Kier alpha value is -4.64. The average molecular weight is 587 g/mol. The number of hydrogen-bond acceptors (Lipinski definition) is 7. The minimum Gasteiger partial charge on any atom is -0.493 e. The SMILES string of the molecule is COc1ccc(C(C)(C)c2nnc(SCC(=O)Nc3ccc(-n4ccnc4C)cc3)n2-c2ccc(F)cc2)cc1OC. The third kappa shape index (κ3) is 5.87. The van der Waals surface area contributed by atoms with Crippen LogP contribution in [0, 0.1) is 12.7 Å². The normalized spacial score (nSPS) is 11.4. The van der Waals surface area contributed by atoms with Gasteiger partial charge < -0.3 is 19.4 Å². The summed E-state index contributed by atoms with van der Waals surface area (Å²) in [4.78, 5) is 17.2. The molecule has 0 atom stereocenters. The smallest absolute Gasteiger partial charge is 0.234 e. The monoisotopic (exact) mass is 586 g/mol. The van der Waals surface area contributed by atoms with Gasteiger partial charge in [0.25, 0.3) is 0 Å². The van der Waals surface area contributed by atoms with Crippen LogP contribution in [0.25, 0.3) is 11.4 Å². The number of imidazole rings is 1. The highest BCUT2D eigenvalue weighted by Crippen LogP contribution is 2.38. The first kappa shape index (κ1) is 28.9. The molecule has 2 aromatic heterocycles. The van der Waals surface area contributed by atoms with Gasteiger partial charge in [0.15, 0.2) is 16.7 Å². The summed E-state index contributed by atoms with van der Waals surface area (Å²) in [6.07, 6.45) is 3.63. The first-order chi connectivity index (χ1) is 20.2. The number of amides is 1. The third-order valence-electron chi connectivity index (χ3n) is 6.97. The summed E-state index contributed by atoms with van der Waals surface area (Å²) in [5.74, 6) is 2.26. The van der Waals surface area contributed by atoms with E-state index < -0.39 is 5.41 Å². The number of methoxy groups -OCH3 is 2. The minimum atomic E-state index is -0.642. The molecule has 2 heterocycles. The van der Waals surface area contributed by atoms with Crippen molar-refractivity contribution < 1.29 is 18.7 Å². The highest BCUT2D eigenvalue weighted by atomic mass is 32.2. The van der Waals surface area contributed by atoms with Crippen LogP contribution in [0.2, 0.25) is 0 Å². The predicted molar refractivity (Wildman–Crippen MR) is 161 cm³/mol. The van der Waals surface area contributed by atoms with Crippen molar-refractivity contribution in [3.63, 3.8) is 0 Å². The summed E-state index contributed by atoms with van der Waals surface area (Å²) in [5, 5.41) is 12.4. The zero-order valence-electron chi connectivity index (χ0n) is 24.0. The third-order valence-corrected chi connectivity index (χ3v) is 7.90. The fourth-order valence-corrected chi connectivity index (χ4v) is 5.38. The number of aryl methyl sites for hydroxylation is 1. The second kappa shape index (κ2) is 12.1. The van der Waals surface area contributed by atoms with Gasteiger partial charge >= 0.3 is 0 Å². The molecule has 0 radical (unpaired) electrons. The van der Waals surface area contributed by atoms with Gasteiger partial charge in [-0.2, -0.15) is 0 Å². The van der Waals surface area contributed by atoms with Crippen LogP contribution in [-0.2, 0) is 10.2 Å². The number of benzene rings is 3. The van der Waals surface area contributed by atoms with E-state index in [4.69, 9.17) is 9.47 Å². The van der Waals surface area contributed by atoms with E-state index >= 15 is 0 Å². The Morgan fingerprint density at radius 2 is 1.64 bits per heavy atom. The molecule has 0 unspecified atom stereocenters. The molecule has 0 bridgehead atoms. The Kier molecular flexibility index (Phi) is 8.30. The fraction of sp³-hybridized carbons (Fsp3) is 0.226. The summed E-state index contributed by atoms with van der Waals surface area (Å²) in [5.41, 5.74) is 2.58. The molecule has 5 aromatic rings. The van der Waals surface area contributed by atoms with Gasteiger partial charge in [0.05, 0.1) is 25.4 Å². The second-order valence-corrected chi connectivity index (χ2v) is 11.0. The van der Waals surface area contributed by atoms with Gasteiger partial charge in [-0.25, -0.2) is 9.37 Å². The largest absolute Gasteiger partial charge is 0.493 e. The lowest BCUT2D eigenvalue weighted by atomic mass is 9.83. The molecule has 11 heteroatoms. The van der Waals surface area contributed by atoms with Crippen molar-refractivity contribution in [1.29, 1.82) is 0 Å². The molecule has 1 N–H and O–H groups in total. The molecule has 0 saturated carbocycles. The Balaban J connectivity index is 1.39. The zero-order chi connectivity index (χ0) is 29.9. The lowest BCUT2D eigenvalue weighted by Crippen LogP contribution is -2.24. The minimum absolute atomic E-state index is 0.0957. The van der Waals surface area contributed by atoms with Crippen LogP contribution in [0.5, 0.6) is 11.5 Å².